The maximum atomic E-state index is 12.9. The summed E-state index contributed by atoms with van der Waals surface area (Å²) in [6, 6.07) is 2.01. The van der Waals surface area contributed by atoms with Crippen LogP contribution in [-0.2, 0) is 10.9 Å². The molecule has 112 valence electrons. The first kappa shape index (κ1) is 14.9. The Morgan fingerprint density at radius 2 is 2.00 bits per heavy atom. The van der Waals surface area contributed by atoms with Crippen LogP contribution in [0.1, 0.15) is 25.8 Å². The molecule has 2 heterocycles. The fourth-order valence-electron chi connectivity index (χ4n) is 2.18. The molecule has 0 radical (unpaired) electrons. The Labute approximate surface area is 115 Å². The predicted octanol–water partition coefficient (Wildman–Crippen LogP) is 3.12. The summed E-state index contributed by atoms with van der Waals surface area (Å²) in [4.78, 5) is 4.13. The van der Waals surface area contributed by atoms with Gasteiger partial charge in [0, 0.05) is 13.7 Å². The predicted molar refractivity (Wildman–Crippen MR) is 70.8 cm³/mol. The summed E-state index contributed by atoms with van der Waals surface area (Å²) in [5.41, 5.74) is -1.14. The van der Waals surface area contributed by atoms with Crippen molar-refractivity contribution >= 4 is 11.6 Å². The van der Waals surface area contributed by atoms with Crippen molar-refractivity contribution in [2.45, 2.75) is 38.1 Å². The van der Waals surface area contributed by atoms with E-state index in [2.05, 4.69) is 15.6 Å². The van der Waals surface area contributed by atoms with Crippen molar-refractivity contribution in [3.63, 3.8) is 0 Å². The fraction of sp³-hybridized carbons (Fsp3) is 0.615. The van der Waals surface area contributed by atoms with Crippen LogP contribution in [0.25, 0.3) is 0 Å². The van der Waals surface area contributed by atoms with Crippen LogP contribution in [0, 0.1) is 0 Å². The summed E-state index contributed by atoms with van der Waals surface area (Å²) in [7, 11) is 1.54. The van der Waals surface area contributed by atoms with Crippen LogP contribution in [0.3, 0.4) is 0 Å². The lowest BCUT2D eigenvalue weighted by atomic mass is 9.94. The van der Waals surface area contributed by atoms with Crippen LogP contribution in [0.15, 0.2) is 12.1 Å². The zero-order valence-corrected chi connectivity index (χ0v) is 11.6. The monoisotopic (exact) mass is 289 g/mol. The van der Waals surface area contributed by atoms with Gasteiger partial charge in [-0.25, -0.2) is 4.98 Å². The molecule has 4 nitrogen and oxygen atoms in total. The van der Waals surface area contributed by atoms with Crippen molar-refractivity contribution in [1.29, 1.82) is 0 Å². The third-order valence-electron chi connectivity index (χ3n) is 3.71. The molecule has 2 atom stereocenters. The SMILES string of the molecule is CNc1cc(C(F)(F)F)cc(NC2(C)CCOC2C)n1. The van der Waals surface area contributed by atoms with Gasteiger partial charge in [-0.1, -0.05) is 0 Å². The van der Waals surface area contributed by atoms with Gasteiger partial charge in [0.15, 0.2) is 0 Å². The molecule has 0 bridgehead atoms. The molecular formula is C13H18F3N3O. The van der Waals surface area contributed by atoms with Gasteiger partial charge in [-0.2, -0.15) is 13.2 Å². The van der Waals surface area contributed by atoms with Crippen LogP contribution in [0.2, 0.25) is 0 Å². The van der Waals surface area contributed by atoms with Crippen molar-refractivity contribution in [2.75, 3.05) is 24.3 Å². The first-order valence-electron chi connectivity index (χ1n) is 6.41. The molecule has 2 unspecified atom stereocenters. The highest BCUT2D eigenvalue weighted by Crippen LogP contribution is 2.34. The van der Waals surface area contributed by atoms with E-state index in [0.29, 0.717) is 6.61 Å². The lowest BCUT2D eigenvalue weighted by Gasteiger charge is -2.30. The van der Waals surface area contributed by atoms with Crippen LogP contribution in [0.4, 0.5) is 24.8 Å². The number of ether oxygens (including phenoxy) is 1. The molecule has 0 aromatic carbocycles. The second-order valence-corrected chi connectivity index (χ2v) is 5.18. The normalized spacial score (nSPS) is 26.6. The summed E-state index contributed by atoms with van der Waals surface area (Å²) >= 11 is 0. The molecule has 1 saturated heterocycles. The van der Waals surface area contributed by atoms with Crippen molar-refractivity contribution < 1.29 is 17.9 Å². The van der Waals surface area contributed by atoms with E-state index >= 15 is 0 Å². The number of pyridine rings is 1. The molecular weight excluding hydrogens is 271 g/mol. The molecule has 1 aromatic heterocycles. The van der Waals surface area contributed by atoms with Gasteiger partial charge in [0.1, 0.15) is 11.6 Å². The van der Waals surface area contributed by atoms with Gasteiger partial charge in [0.2, 0.25) is 0 Å². The summed E-state index contributed by atoms with van der Waals surface area (Å²) in [5, 5.41) is 5.72. The van der Waals surface area contributed by atoms with Gasteiger partial charge in [0.25, 0.3) is 0 Å². The molecule has 0 saturated carbocycles. The first-order chi connectivity index (χ1) is 9.24. The molecule has 2 rings (SSSR count). The van der Waals surface area contributed by atoms with Crippen molar-refractivity contribution in [1.82, 2.24) is 4.98 Å². The van der Waals surface area contributed by atoms with Gasteiger partial charge in [0.05, 0.1) is 17.2 Å². The molecule has 1 aliphatic rings. The number of nitrogens with zero attached hydrogens (tertiary/aromatic N) is 1. The highest BCUT2D eigenvalue weighted by Gasteiger charge is 2.38. The van der Waals surface area contributed by atoms with E-state index in [4.69, 9.17) is 4.74 Å². The topological polar surface area (TPSA) is 46.2 Å². The Bertz CT molecular complexity index is 492. The third-order valence-corrected chi connectivity index (χ3v) is 3.71. The minimum absolute atomic E-state index is 0.0862. The van der Waals surface area contributed by atoms with E-state index < -0.39 is 17.3 Å². The summed E-state index contributed by atoms with van der Waals surface area (Å²) in [6.45, 7) is 4.40. The van der Waals surface area contributed by atoms with Crippen molar-refractivity contribution in [2.24, 2.45) is 0 Å². The zero-order chi connectivity index (χ0) is 15.0. The molecule has 20 heavy (non-hydrogen) atoms. The summed E-state index contributed by atoms with van der Waals surface area (Å²) in [5.74, 6) is 0.376. The summed E-state index contributed by atoms with van der Waals surface area (Å²) in [6.07, 6.45) is -3.76. The van der Waals surface area contributed by atoms with E-state index in [-0.39, 0.29) is 17.7 Å². The smallest absolute Gasteiger partial charge is 0.376 e. The Balaban J connectivity index is 2.32. The Morgan fingerprint density at radius 3 is 2.50 bits per heavy atom. The Hall–Kier alpha value is -1.50. The number of hydrogen-bond acceptors (Lipinski definition) is 4. The molecule has 1 aliphatic heterocycles. The second kappa shape index (κ2) is 5.12. The fourth-order valence-corrected chi connectivity index (χ4v) is 2.18. The maximum Gasteiger partial charge on any atom is 0.416 e. The summed E-state index contributed by atoms with van der Waals surface area (Å²) < 4.78 is 44.1. The standard InChI is InChI=1S/C13H18F3N3O/c1-8-12(2,4-5-20-8)19-11-7-9(13(14,15)16)6-10(17-3)18-11/h6-8H,4-5H2,1-3H3,(H2,17,18,19). The zero-order valence-electron chi connectivity index (χ0n) is 11.6. The Kier molecular flexibility index (Phi) is 3.82. The molecule has 0 amide bonds. The number of aromatic nitrogens is 1. The second-order valence-electron chi connectivity index (χ2n) is 5.18. The molecule has 1 aromatic rings. The number of hydrogen-bond donors (Lipinski definition) is 2. The largest absolute Gasteiger partial charge is 0.416 e. The third kappa shape index (κ3) is 2.98. The number of alkyl halides is 3. The minimum Gasteiger partial charge on any atom is -0.376 e. The molecule has 0 spiro atoms. The lowest BCUT2D eigenvalue weighted by molar-refractivity contribution is -0.137. The van der Waals surface area contributed by atoms with Gasteiger partial charge in [-0.3, -0.25) is 0 Å². The van der Waals surface area contributed by atoms with Crippen LogP contribution >= 0.6 is 0 Å². The van der Waals surface area contributed by atoms with Crippen molar-refractivity contribution in [3.8, 4) is 0 Å². The molecule has 2 N–H and O–H groups in total. The van der Waals surface area contributed by atoms with Crippen LogP contribution < -0.4 is 10.6 Å². The first-order valence-corrected chi connectivity index (χ1v) is 6.41. The van der Waals surface area contributed by atoms with E-state index in [1.54, 1.807) is 0 Å². The van der Waals surface area contributed by atoms with E-state index in [0.717, 1.165) is 18.6 Å². The average Bonchev–Trinajstić information content (AvgIpc) is 2.67. The van der Waals surface area contributed by atoms with Gasteiger partial charge >= 0.3 is 6.18 Å². The van der Waals surface area contributed by atoms with E-state index in [9.17, 15) is 13.2 Å². The number of nitrogens with one attached hydrogen (secondary N) is 2. The molecule has 1 fully saturated rings. The highest BCUT2D eigenvalue weighted by molar-refractivity contribution is 5.51. The number of rotatable bonds is 3. The van der Waals surface area contributed by atoms with E-state index in [1.807, 2.05) is 13.8 Å². The van der Waals surface area contributed by atoms with Crippen LogP contribution in [-0.4, -0.2) is 30.3 Å². The average molecular weight is 289 g/mol. The lowest BCUT2D eigenvalue weighted by Crippen LogP contribution is -2.41. The molecule has 7 heteroatoms. The Morgan fingerprint density at radius 1 is 1.35 bits per heavy atom. The van der Waals surface area contributed by atoms with Crippen LogP contribution in [0.5, 0.6) is 0 Å². The van der Waals surface area contributed by atoms with Gasteiger partial charge in [-0.05, 0) is 32.4 Å². The maximum absolute atomic E-state index is 12.9. The quantitative estimate of drug-likeness (QED) is 0.897. The highest BCUT2D eigenvalue weighted by atomic mass is 19.4. The van der Waals surface area contributed by atoms with Gasteiger partial charge < -0.3 is 15.4 Å². The number of anilines is 2. The molecule has 0 aliphatic carbocycles. The minimum atomic E-state index is -4.40. The van der Waals surface area contributed by atoms with Gasteiger partial charge in [-0.15, -0.1) is 0 Å². The number of halogens is 3. The van der Waals surface area contributed by atoms with Crippen molar-refractivity contribution in [3.05, 3.63) is 17.7 Å². The van der Waals surface area contributed by atoms with E-state index in [1.165, 1.54) is 7.05 Å².